The zero-order chi connectivity index (χ0) is 11.4. The Bertz CT molecular complexity index is 240. The molecule has 0 saturated heterocycles. The van der Waals surface area contributed by atoms with E-state index >= 15 is 0 Å². The van der Waals surface area contributed by atoms with Crippen LogP contribution in [0.3, 0.4) is 0 Å². The van der Waals surface area contributed by atoms with E-state index in [1.165, 1.54) is 12.8 Å². The maximum Gasteiger partial charge on any atom is 0.234 e. The molecule has 16 heavy (non-hydrogen) atoms. The normalized spacial score (nSPS) is 24.1. The molecule has 0 aliphatic heterocycles. The Kier molecular flexibility index (Phi) is 3.82. The van der Waals surface area contributed by atoms with Gasteiger partial charge in [-0.1, -0.05) is 12.8 Å². The minimum absolute atomic E-state index is 0.0756. The van der Waals surface area contributed by atoms with Gasteiger partial charge in [0.2, 0.25) is 5.91 Å². The first-order chi connectivity index (χ1) is 7.74. The average Bonchev–Trinajstić information content (AvgIpc) is 2.69. The van der Waals surface area contributed by atoms with Gasteiger partial charge in [0, 0.05) is 11.6 Å². The van der Waals surface area contributed by atoms with E-state index in [0.717, 1.165) is 32.1 Å². The van der Waals surface area contributed by atoms with Gasteiger partial charge >= 0.3 is 0 Å². The van der Waals surface area contributed by atoms with Gasteiger partial charge in [-0.15, -0.1) is 0 Å². The minimum atomic E-state index is -0.160. The van der Waals surface area contributed by atoms with Crippen LogP contribution in [0.15, 0.2) is 0 Å². The van der Waals surface area contributed by atoms with Crippen LogP contribution < -0.4 is 10.6 Å². The summed E-state index contributed by atoms with van der Waals surface area (Å²) in [5.74, 6) is 0.0756. The third-order valence-electron chi connectivity index (χ3n) is 3.96. The van der Waals surface area contributed by atoms with Gasteiger partial charge in [-0.25, -0.2) is 0 Å². The summed E-state index contributed by atoms with van der Waals surface area (Å²) in [7, 11) is 0. The van der Waals surface area contributed by atoms with Crippen molar-refractivity contribution in [2.24, 2.45) is 0 Å². The third kappa shape index (κ3) is 2.74. The molecule has 3 N–H and O–H groups in total. The largest absolute Gasteiger partial charge is 0.394 e. The fourth-order valence-corrected chi connectivity index (χ4v) is 2.61. The second-order valence-electron chi connectivity index (χ2n) is 5.19. The first-order valence-electron chi connectivity index (χ1n) is 6.39. The zero-order valence-electron chi connectivity index (χ0n) is 9.80. The first-order valence-corrected chi connectivity index (χ1v) is 6.39. The zero-order valence-corrected chi connectivity index (χ0v) is 9.80. The molecule has 0 bridgehead atoms. The smallest absolute Gasteiger partial charge is 0.234 e. The summed E-state index contributed by atoms with van der Waals surface area (Å²) in [6.07, 6.45) is 7.84. The number of amides is 1. The molecule has 0 aromatic rings. The van der Waals surface area contributed by atoms with Gasteiger partial charge in [0.15, 0.2) is 0 Å². The van der Waals surface area contributed by atoms with Crippen molar-refractivity contribution in [3.8, 4) is 0 Å². The second-order valence-corrected chi connectivity index (χ2v) is 5.19. The molecular formula is C12H22N2O2. The topological polar surface area (TPSA) is 61.4 Å². The van der Waals surface area contributed by atoms with Crippen molar-refractivity contribution in [3.05, 3.63) is 0 Å². The molecule has 2 aliphatic rings. The summed E-state index contributed by atoms with van der Waals surface area (Å²) < 4.78 is 0. The van der Waals surface area contributed by atoms with Crippen molar-refractivity contribution in [2.75, 3.05) is 13.2 Å². The molecule has 2 saturated carbocycles. The quantitative estimate of drug-likeness (QED) is 0.641. The average molecular weight is 226 g/mol. The molecule has 0 atom stereocenters. The number of aliphatic hydroxyl groups excluding tert-OH is 1. The molecule has 0 radical (unpaired) electrons. The summed E-state index contributed by atoms with van der Waals surface area (Å²) in [5, 5.41) is 15.5. The molecule has 2 fully saturated rings. The molecular weight excluding hydrogens is 204 g/mol. The molecule has 4 heteroatoms. The highest BCUT2D eigenvalue weighted by atomic mass is 16.3. The first kappa shape index (κ1) is 11.9. The summed E-state index contributed by atoms with van der Waals surface area (Å²) >= 11 is 0. The maximum atomic E-state index is 11.6. The van der Waals surface area contributed by atoms with Gasteiger partial charge in [-0.2, -0.15) is 0 Å². The molecule has 1 amide bonds. The molecule has 2 aliphatic carbocycles. The molecule has 0 aromatic heterocycles. The molecule has 0 unspecified atom stereocenters. The van der Waals surface area contributed by atoms with E-state index < -0.39 is 0 Å². The Hall–Kier alpha value is -0.610. The van der Waals surface area contributed by atoms with Crippen LogP contribution >= 0.6 is 0 Å². The van der Waals surface area contributed by atoms with Crippen molar-refractivity contribution in [1.29, 1.82) is 0 Å². The van der Waals surface area contributed by atoms with Crippen LogP contribution in [0.25, 0.3) is 0 Å². The van der Waals surface area contributed by atoms with E-state index in [1.807, 2.05) is 0 Å². The van der Waals surface area contributed by atoms with Gasteiger partial charge in [-0.05, 0) is 32.1 Å². The van der Waals surface area contributed by atoms with Gasteiger partial charge < -0.3 is 15.7 Å². The van der Waals surface area contributed by atoms with Gasteiger partial charge in [0.25, 0.3) is 0 Å². The van der Waals surface area contributed by atoms with Crippen molar-refractivity contribution >= 4 is 5.91 Å². The number of rotatable bonds is 5. The van der Waals surface area contributed by atoms with Crippen LogP contribution in [0.4, 0.5) is 0 Å². The minimum Gasteiger partial charge on any atom is -0.394 e. The number of carbonyl (C=O) groups excluding carboxylic acids is 1. The Morgan fingerprint density at radius 3 is 2.44 bits per heavy atom. The summed E-state index contributed by atoms with van der Waals surface area (Å²) in [6.45, 7) is 0.487. The Morgan fingerprint density at radius 1 is 1.25 bits per heavy atom. The van der Waals surface area contributed by atoms with E-state index in [-0.39, 0.29) is 18.1 Å². The van der Waals surface area contributed by atoms with Crippen LogP contribution in [-0.2, 0) is 4.79 Å². The van der Waals surface area contributed by atoms with E-state index in [1.54, 1.807) is 0 Å². The maximum absolute atomic E-state index is 11.6. The lowest BCUT2D eigenvalue weighted by Crippen LogP contribution is -2.56. The molecule has 4 nitrogen and oxygen atoms in total. The number of hydrogen-bond donors (Lipinski definition) is 3. The third-order valence-corrected chi connectivity index (χ3v) is 3.96. The predicted molar refractivity (Wildman–Crippen MR) is 62.1 cm³/mol. The number of carbonyl (C=O) groups is 1. The fourth-order valence-electron chi connectivity index (χ4n) is 2.61. The number of aliphatic hydroxyl groups is 1. The molecule has 0 aromatic carbocycles. The van der Waals surface area contributed by atoms with Crippen molar-refractivity contribution in [3.63, 3.8) is 0 Å². The summed E-state index contributed by atoms with van der Waals surface area (Å²) in [4.78, 5) is 11.6. The standard InChI is InChI=1S/C12H22N2O2/c15-9-12(6-3-7-12)13-8-11(16)14-10-4-1-2-5-10/h10,13,15H,1-9H2,(H,14,16). The van der Waals surface area contributed by atoms with Crippen LogP contribution in [0.5, 0.6) is 0 Å². The van der Waals surface area contributed by atoms with E-state index in [2.05, 4.69) is 10.6 Å². The monoisotopic (exact) mass is 226 g/mol. The molecule has 92 valence electrons. The van der Waals surface area contributed by atoms with Crippen LogP contribution in [-0.4, -0.2) is 35.7 Å². The highest BCUT2D eigenvalue weighted by Gasteiger charge is 2.36. The highest BCUT2D eigenvalue weighted by molar-refractivity contribution is 5.78. The molecule has 0 heterocycles. The fraction of sp³-hybridized carbons (Fsp3) is 0.917. The van der Waals surface area contributed by atoms with E-state index in [4.69, 9.17) is 0 Å². The van der Waals surface area contributed by atoms with Crippen LogP contribution in [0.2, 0.25) is 0 Å². The van der Waals surface area contributed by atoms with Gasteiger partial charge in [0.05, 0.1) is 13.2 Å². The van der Waals surface area contributed by atoms with Crippen molar-refractivity contribution < 1.29 is 9.90 Å². The Balaban J connectivity index is 1.66. The number of nitrogens with one attached hydrogen (secondary N) is 2. The van der Waals surface area contributed by atoms with Crippen molar-refractivity contribution in [1.82, 2.24) is 10.6 Å². The lowest BCUT2D eigenvalue weighted by atomic mass is 9.77. The van der Waals surface area contributed by atoms with E-state index in [0.29, 0.717) is 12.6 Å². The highest BCUT2D eigenvalue weighted by Crippen LogP contribution is 2.30. The molecule has 2 rings (SSSR count). The van der Waals surface area contributed by atoms with Crippen molar-refractivity contribution in [2.45, 2.75) is 56.5 Å². The lowest BCUT2D eigenvalue weighted by molar-refractivity contribution is -0.121. The predicted octanol–water partition coefficient (Wildman–Crippen LogP) is 0.550. The lowest BCUT2D eigenvalue weighted by Gasteiger charge is -2.41. The Labute approximate surface area is 96.8 Å². The SMILES string of the molecule is O=C(CNC1(CO)CCC1)NC1CCCC1. The van der Waals surface area contributed by atoms with Crippen LogP contribution in [0, 0.1) is 0 Å². The Morgan fingerprint density at radius 2 is 1.94 bits per heavy atom. The van der Waals surface area contributed by atoms with Gasteiger partial charge in [0.1, 0.15) is 0 Å². The summed E-state index contributed by atoms with van der Waals surface area (Å²) in [6, 6.07) is 0.390. The number of hydrogen-bond acceptors (Lipinski definition) is 3. The van der Waals surface area contributed by atoms with Gasteiger partial charge in [-0.3, -0.25) is 4.79 Å². The van der Waals surface area contributed by atoms with Crippen LogP contribution in [0.1, 0.15) is 44.9 Å². The second kappa shape index (κ2) is 5.15. The summed E-state index contributed by atoms with van der Waals surface area (Å²) in [5.41, 5.74) is -0.160. The van der Waals surface area contributed by atoms with E-state index in [9.17, 15) is 9.90 Å². The molecule has 0 spiro atoms.